The van der Waals surface area contributed by atoms with Crippen LogP contribution in [0.5, 0.6) is 0 Å². The second-order valence-electron chi connectivity index (χ2n) is 4.61. The van der Waals surface area contributed by atoms with Crippen LogP contribution in [0.2, 0.25) is 0 Å². The van der Waals surface area contributed by atoms with Gasteiger partial charge in [-0.3, -0.25) is 4.68 Å². The summed E-state index contributed by atoms with van der Waals surface area (Å²) in [5, 5.41) is 14.1. The van der Waals surface area contributed by atoms with Crippen LogP contribution in [-0.2, 0) is 12.5 Å². The molecule has 3 N–H and O–H groups in total. The molecule has 0 aliphatic rings. The minimum absolute atomic E-state index is 0.0628. The van der Waals surface area contributed by atoms with E-state index < -0.39 is 6.10 Å². The Labute approximate surface area is 84.7 Å². The van der Waals surface area contributed by atoms with Crippen molar-refractivity contribution in [1.29, 1.82) is 0 Å². The van der Waals surface area contributed by atoms with Crippen LogP contribution in [0.1, 0.15) is 38.1 Å². The maximum absolute atomic E-state index is 9.71. The summed E-state index contributed by atoms with van der Waals surface area (Å²) in [5.74, 6) is 0. The van der Waals surface area contributed by atoms with Crippen LogP contribution in [0.25, 0.3) is 0 Å². The van der Waals surface area contributed by atoms with Crippen LogP contribution in [-0.4, -0.2) is 21.4 Å². The Kier molecular flexibility index (Phi) is 2.97. The highest BCUT2D eigenvalue weighted by Gasteiger charge is 2.24. The summed E-state index contributed by atoms with van der Waals surface area (Å²) in [4.78, 5) is 0. The molecule has 0 bridgehead atoms. The first-order valence-corrected chi connectivity index (χ1v) is 4.78. The number of aromatic nitrogens is 2. The van der Waals surface area contributed by atoms with E-state index in [1.165, 1.54) is 0 Å². The Balaban J connectivity index is 3.16. The van der Waals surface area contributed by atoms with Crippen LogP contribution in [0.15, 0.2) is 6.20 Å². The second-order valence-corrected chi connectivity index (χ2v) is 4.61. The zero-order chi connectivity index (χ0) is 10.9. The van der Waals surface area contributed by atoms with E-state index >= 15 is 0 Å². The van der Waals surface area contributed by atoms with Crippen molar-refractivity contribution >= 4 is 0 Å². The van der Waals surface area contributed by atoms with Gasteiger partial charge in [0.2, 0.25) is 0 Å². The molecule has 0 fully saturated rings. The smallest absolute Gasteiger partial charge is 0.0945 e. The number of nitrogens with zero attached hydrogens (tertiary/aromatic N) is 2. The topological polar surface area (TPSA) is 64.1 Å². The van der Waals surface area contributed by atoms with Crippen molar-refractivity contribution in [3.05, 3.63) is 17.5 Å². The zero-order valence-electron chi connectivity index (χ0n) is 9.28. The van der Waals surface area contributed by atoms with Gasteiger partial charge in [-0.05, 0) is 0 Å². The highest BCUT2D eigenvalue weighted by atomic mass is 16.3. The van der Waals surface area contributed by atoms with Gasteiger partial charge < -0.3 is 10.8 Å². The van der Waals surface area contributed by atoms with Gasteiger partial charge in [-0.2, -0.15) is 5.10 Å². The Morgan fingerprint density at radius 1 is 1.57 bits per heavy atom. The van der Waals surface area contributed by atoms with Gasteiger partial charge in [-0.25, -0.2) is 0 Å². The van der Waals surface area contributed by atoms with Gasteiger partial charge in [-0.1, -0.05) is 20.8 Å². The van der Waals surface area contributed by atoms with E-state index in [9.17, 15) is 5.11 Å². The lowest BCUT2D eigenvalue weighted by Crippen LogP contribution is -2.19. The highest BCUT2D eigenvalue weighted by molar-refractivity contribution is 5.26. The minimum atomic E-state index is -0.613. The average molecular weight is 197 g/mol. The summed E-state index contributed by atoms with van der Waals surface area (Å²) in [6.45, 7) is 6.45. The maximum atomic E-state index is 9.71. The Bertz CT molecular complexity index is 312. The van der Waals surface area contributed by atoms with Crippen LogP contribution < -0.4 is 5.73 Å². The summed E-state index contributed by atoms with van der Waals surface area (Å²) in [6, 6.07) is 0. The van der Waals surface area contributed by atoms with Crippen LogP contribution in [0, 0.1) is 0 Å². The monoisotopic (exact) mass is 197 g/mol. The molecule has 0 saturated carbocycles. The third-order valence-corrected chi connectivity index (χ3v) is 2.15. The summed E-state index contributed by atoms with van der Waals surface area (Å²) in [5.41, 5.74) is 7.13. The van der Waals surface area contributed by atoms with Crippen molar-refractivity contribution in [3.8, 4) is 0 Å². The van der Waals surface area contributed by atoms with E-state index in [2.05, 4.69) is 25.9 Å². The average Bonchev–Trinajstić information content (AvgIpc) is 2.45. The summed E-state index contributed by atoms with van der Waals surface area (Å²) < 4.78 is 1.72. The Morgan fingerprint density at radius 2 is 2.14 bits per heavy atom. The molecule has 0 radical (unpaired) electrons. The van der Waals surface area contributed by atoms with Gasteiger partial charge in [0.15, 0.2) is 0 Å². The second kappa shape index (κ2) is 3.71. The molecule has 0 aromatic carbocycles. The molecular formula is C10H19N3O. The SMILES string of the molecule is Cn1cc(C(O)CN)c(C(C)(C)C)n1. The molecule has 0 saturated heterocycles. The number of rotatable bonds is 2. The highest BCUT2D eigenvalue weighted by Crippen LogP contribution is 2.27. The fourth-order valence-corrected chi connectivity index (χ4v) is 1.46. The molecule has 1 atom stereocenters. The first-order valence-electron chi connectivity index (χ1n) is 4.78. The molecular weight excluding hydrogens is 178 g/mol. The molecule has 14 heavy (non-hydrogen) atoms. The first kappa shape index (κ1) is 11.2. The van der Waals surface area contributed by atoms with Crippen molar-refractivity contribution in [2.75, 3.05) is 6.54 Å². The van der Waals surface area contributed by atoms with E-state index in [1.807, 2.05) is 13.2 Å². The zero-order valence-corrected chi connectivity index (χ0v) is 9.28. The van der Waals surface area contributed by atoms with Gasteiger partial charge in [-0.15, -0.1) is 0 Å². The minimum Gasteiger partial charge on any atom is -0.387 e. The molecule has 0 spiro atoms. The standard InChI is InChI=1S/C10H19N3O/c1-10(2,3)9-7(8(14)5-11)6-13(4)12-9/h6,8,14H,5,11H2,1-4H3. The van der Waals surface area contributed by atoms with E-state index in [-0.39, 0.29) is 12.0 Å². The molecule has 1 unspecified atom stereocenters. The summed E-state index contributed by atoms with van der Waals surface area (Å²) >= 11 is 0. The van der Waals surface area contributed by atoms with Crippen molar-refractivity contribution in [1.82, 2.24) is 9.78 Å². The summed E-state index contributed by atoms with van der Waals surface area (Å²) in [7, 11) is 1.85. The normalized spacial score (nSPS) is 14.4. The molecule has 0 amide bonds. The predicted octanol–water partition coefficient (Wildman–Crippen LogP) is 0.710. The van der Waals surface area contributed by atoms with Gasteiger partial charge in [0, 0.05) is 30.8 Å². The first-order chi connectivity index (χ1) is 6.36. The number of aliphatic hydroxyl groups excluding tert-OH is 1. The number of aliphatic hydroxyl groups is 1. The molecule has 0 aliphatic carbocycles. The lowest BCUT2D eigenvalue weighted by Gasteiger charge is -2.19. The van der Waals surface area contributed by atoms with Crippen LogP contribution >= 0.6 is 0 Å². The Morgan fingerprint density at radius 3 is 2.57 bits per heavy atom. The molecule has 4 heteroatoms. The van der Waals surface area contributed by atoms with E-state index in [0.717, 1.165) is 11.3 Å². The predicted molar refractivity (Wildman–Crippen MR) is 55.9 cm³/mol. The van der Waals surface area contributed by atoms with Crippen LogP contribution in [0.3, 0.4) is 0 Å². The molecule has 1 aromatic heterocycles. The molecule has 80 valence electrons. The van der Waals surface area contributed by atoms with Crippen molar-refractivity contribution < 1.29 is 5.11 Å². The maximum Gasteiger partial charge on any atom is 0.0945 e. The van der Waals surface area contributed by atoms with Crippen LogP contribution in [0.4, 0.5) is 0 Å². The molecule has 0 aliphatic heterocycles. The van der Waals surface area contributed by atoms with E-state index in [1.54, 1.807) is 4.68 Å². The number of hydrogen-bond donors (Lipinski definition) is 2. The molecule has 1 heterocycles. The van der Waals surface area contributed by atoms with Crippen molar-refractivity contribution in [2.24, 2.45) is 12.8 Å². The van der Waals surface area contributed by atoms with Gasteiger partial charge in [0.05, 0.1) is 11.8 Å². The fourth-order valence-electron chi connectivity index (χ4n) is 1.46. The molecule has 4 nitrogen and oxygen atoms in total. The van der Waals surface area contributed by atoms with Gasteiger partial charge >= 0.3 is 0 Å². The lowest BCUT2D eigenvalue weighted by atomic mass is 9.88. The van der Waals surface area contributed by atoms with Crippen molar-refractivity contribution in [3.63, 3.8) is 0 Å². The third-order valence-electron chi connectivity index (χ3n) is 2.15. The summed E-state index contributed by atoms with van der Waals surface area (Å²) in [6.07, 6.45) is 1.22. The molecule has 1 rings (SSSR count). The van der Waals surface area contributed by atoms with E-state index in [0.29, 0.717) is 0 Å². The van der Waals surface area contributed by atoms with E-state index in [4.69, 9.17) is 5.73 Å². The quantitative estimate of drug-likeness (QED) is 0.734. The van der Waals surface area contributed by atoms with Gasteiger partial charge in [0.25, 0.3) is 0 Å². The number of nitrogens with two attached hydrogens (primary N) is 1. The third kappa shape index (κ3) is 2.13. The largest absolute Gasteiger partial charge is 0.387 e. The fraction of sp³-hybridized carbons (Fsp3) is 0.700. The number of aryl methyl sites for hydroxylation is 1. The van der Waals surface area contributed by atoms with Crippen molar-refractivity contribution in [2.45, 2.75) is 32.3 Å². The lowest BCUT2D eigenvalue weighted by molar-refractivity contribution is 0.184. The molecule has 1 aromatic rings. The Hall–Kier alpha value is -0.870. The number of hydrogen-bond acceptors (Lipinski definition) is 3. The van der Waals surface area contributed by atoms with Gasteiger partial charge in [0.1, 0.15) is 0 Å².